The molecule has 4 aromatic rings. The summed E-state index contributed by atoms with van der Waals surface area (Å²) in [4.78, 5) is 14.3. The molecule has 0 aliphatic carbocycles. The summed E-state index contributed by atoms with van der Waals surface area (Å²) in [7, 11) is 3.52. The first kappa shape index (κ1) is 25.4. The maximum absolute atomic E-state index is 14.2. The Morgan fingerprint density at radius 3 is 2.42 bits per heavy atom. The maximum atomic E-state index is 14.2. The Morgan fingerprint density at radius 1 is 1.03 bits per heavy atom. The monoisotopic (exact) mass is 490 g/mol. The average Bonchev–Trinajstić information content (AvgIpc) is 3.31. The number of aryl methyl sites for hydroxylation is 3. The topological polar surface area (TPSA) is 43.1 Å². The summed E-state index contributed by atoms with van der Waals surface area (Å²) >= 11 is 0. The lowest BCUT2D eigenvalue weighted by atomic mass is 9.92. The third-order valence-electron chi connectivity index (χ3n) is 6.62. The summed E-state index contributed by atoms with van der Waals surface area (Å²) in [6.45, 7) is 8.89. The van der Waals surface area contributed by atoms with Gasteiger partial charge in [0.1, 0.15) is 0 Å². The van der Waals surface area contributed by atoms with Gasteiger partial charge >= 0.3 is 5.56 Å². The highest BCUT2D eigenvalue weighted by atomic mass is 19.3. The molecule has 1 aliphatic heterocycles. The van der Waals surface area contributed by atoms with Crippen molar-refractivity contribution in [1.82, 2.24) is 14.3 Å². The molecule has 3 heterocycles. The van der Waals surface area contributed by atoms with Crippen molar-refractivity contribution in [2.45, 2.75) is 52.9 Å². The third kappa shape index (κ3) is 4.48. The molecule has 0 radical (unpaired) electrons. The fourth-order valence-electron chi connectivity index (χ4n) is 4.92. The van der Waals surface area contributed by atoms with Crippen LogP contribution in [0.2, 0.25) is 0 Å². The van der Waals surface area contributed by atoms with Crippen LogP contribution in [-0.4, -0.2) is 20.9 Å². The number of benzene rings is 2. The lowest BCUT2D eigenvalue weighted by Gasteiger charge is -2.33. The molecule has 1 aliphatic rings. The molecule has 0 amide bonds. The van der Waals surface area contributed by atoms with E-state index in [0.717, 1.165) is 52.8 Å². The van der Waals surface area contributed by atoms with E-state index in [0.29, 0.717) is 11.1 Å². The van der Waals surface area contributed by atoms with Gasteiger partial charge in [0.2, 0.25) is 0 Å². The minimum Gasteiger partial charge on any atom is -0.341 e. The summed E-state index contributed by atoms with van der Waals surface area (Å²) in [6, 6.07) is 13.3. The van der Waals surface area contributed by atoms with Crippen LogP contribution >= 0.6 is 0 Å². The minimum atomic E-state index is -2.61. The van der Waals surface area contributed by atoms with Crippen molar-refractivity contribution in [3.8, 4) is 11.1 Å². The Bertz CT molecular complexity index is 1450. The van der Waals surface area contributed by atoms with Crippen molar-refractivity contribution in [3.63, 3.8) is 0 Å². The molecule has 188 valence electrons. The first-order valence-electron chi connectivity index (χ1n) is 12.4. The molecule has 36 heavy (non-hydrogen) atoms. The molecular weight excluding hydrogens is 458 g/mol. The number of hydrogen-bond donors (Lipinski definition) is 0. The van der Waals surface area contributed by atoms with Crippen molar-refractivity contribution in [3.05, 3.63) is 75.8 Å². The molecule has 0 N–H and O–H groups in total. The summed E-state index contributed by atoms with van der Waals surface area (Å²) < 4.78 is 31.6. The molecule has 0 fully saturated rings. The number of nitrogens with zero attached hydrogens (tertiary/aromatic N) is 4. The van der Waals surface area contributed by atoms with Crippen LogP contribution in [0.25, 0.3) is 22.0 Å². The summed E-state index contributed by atoms with van der Waals surface area (Å²) in [6.07, 6.45) is 2.52. The van der Waals surface area contributed by atoms with E-state index in [1.54, 1.807) is 41.8 Å². The molecule has 7 heteroatoms. The van der Waals surface area contributed by atoms with Crippen molar-refractivity contribution in [2.24, 2.45) is 14.1 Å². The van der Waals surface area contributed by atoms with Crippen LogP contribution in [0, 0.1) is 12.1 Å². The number of halogens is 2. The number of aromatic nitrogens is 3. The molecule has 0 bridgehead atoms. The molecule has 0 atom stereocenters. The second-order valence-corrected chi connectivity index (χ2v) is 9.23. The fraction of sp³-hybridized carbons (Fsp3) is 0.379. The van der Waals surface area contributed by atoms with Gasteiger partial charge in [0.05, 0.1) is 17.1 Å². The van der Waals surface area contributed by atoms with E-state index in [4.69, 9.17) is 0 Å². The Morgan fingerprint density at radius 2 is 1.78 bits per heavy atom. The SMILES string of the molecule is CC.CC(C)c1cc(N2CCCc3cc(-c4cnn(C)c4)c(C(F)F)cc32)cc2c#cc(=O)n(C)c12. The zero-order chi connectivity index (χ0) is 26.1. The third-order valence-corrected chi connectivity index (χ3v) is 6.62. The molecule has 5 nitrogen and oxygen atoms in total. The smallest absolute Gasteiger partial charge is 0.303 e. The van der Waals surface area contributed by atoms with E-state index in [9.17, 15) is 13.6 Å². The zero-order valence-electron chi connectivity index (χ0n) is 21.7. The summed E-state index contributed by atoms with van der Waals surface area (Å²) in [5.74, 6) is 0.165. The van der Waals surface area contributed by atoms with E-state index < -0.39 is 6.43 Å². The van der Waals surface area contributed by atoms with Crippen LogP contribution in [0.4, 0.5) is 20.2 Å². The number of anilines is 2. The predicted molar refractivity (Wildman–Crippen MR) is 141 cm³/mol. The van der Waals surface area contributed by atoms with Gasteiger partial charge < -0.3 is 9.47 Å². The second-order valence-electron chi connectivity index (χ2n) is 9.23. The molecule has 5 rings (SSSR count). The van der Waals surface area contributed by atoms with E-state index in [-0.39, 0.29) is 17.0 Å². The standard InChI is InChI=1S/C27H26F2N4O.C2H6/c1-16(2)21-12-20(10-18-7-8-25(34)32(4)26(18)21)33-9-5-6-17-11-22(19-14-30-31(3)15-19)23(27(28)29)13-24(17)33;1-2/h10-16,27H,5-6,9H2,1-4H3;1-2H3. The molecular formula is C29H32F2N4O. The van der Waals surface area contributed by atoms with Gasteiger partial charge in [-0.25, -0.2) is 8.78 Å². The summed E-state index contributed by atoms with van der Waals surface area (Å²) in [5, 5.41) is 4.96. The Kier molecular flexibility index (Phi) is 7.16. The van der Waals surface area contributed by atoms with Crippen LogP contribution < -0.4 is 10.5 Å². The number of fused-ring (bicyclic) bond motifs is 2. The number of rotatable bonds is 4. The van der Waals surface area contributed by atoms with Crippen LogP contribution in [0.3, 0.4) is 0 Å². The zero-order valence-corrected chi connectivity index (χ0v) is 21.7. The normalized spacial score (nSPS) is 13.0. The van der Waals surface area contributed by atoms with E-state index >= 15 is 0 Å². The molecule has 2 aromatic heterocycles. The molecule has 0 spiro atoms. The van der Waals surface area contributed by atoms with Crippen molar-refractivity contribution >= 4 is 22.3 Å². The highest BCUT2D eigenvalue weighted by molar-refractivity contribution is 5.87. The van der Waals surface area contributed by atoms with Crippen molar-refractivity contribution < 1.29 is 8.78 Å². The Hall–Kier alpha value is -3.66. The average molecular weight is 491 g/mol. The van der Waals surface area contributed by atoms with Crippen molar-refractivity contribution in [2.75, 3.05) is 11.4 Å². The number of alkyl halides is 2. The minimum absolute atomic E-state index is 0.00538. The van der Waals surface area contributed by atoms with Gasteiger partial charge in [-0.2, -0.15) is 5.10 Å². The van der Waals surface area contributed by atoms with Gasteiger partial charge in [0, 0.05) is 55.4 Å². The van der Waals surface area contributed by atoms with Gasteiger partial charge in [-0.15, -0.1) is 0 Å². The lowest BCUT2D eigenvalue weighted by molar-refractivity contribution is 0.152. The Balaban J connectivity index is 0.00000148. The molecule has 0 saturated heterocycles. The first-order chi connectivity index (χ1) is 17.2. The second kappa shape index (κ2) is 10.1. The van der Waals surface area contributed by atoms with Gasteiger partial charge in [0.25, 0.3) is 6.43 Å². The van der Waals surface area contributed by atoms with E-state index in [2.05, 4.69) is 42.0 Å². The van der Waals surface area contributed by atoms with Crippen LogP contribution in [0.15, 0.2) is 41.5 Å². The predicted octanol–water partition coefficient (Wildman–Crippen LogP) is 6.71. The van der Waals surface area contributed by atoms with Crippen LogP contribution in [-0.2, 0) is 20.5 Å². The summed E-state index contributed by atoms with van der Waals surface area (Å²) in [5.41, 5.74) is 5.61. The highest BCUT2D eigenvalue weighted by Gasteiger charge is 2.25. The molecule has 2 aromatic carbocycles. The van der Waals surface area contributed by atoms with Crippen molar-refractivity contribution in [1.29, 1.82) is 0 Å². The van der Waals surface area contributed by atoms with Gasteiger partial charge in [-0.05, 0) is 59.7 Å². The van der Waals surface area contributed by atoms with Gasteiger partial charge in [-0.3, -0.25) is 9.48 Å². The highest BCUT2D eigenvalue weighted by Crippen LogP contribution is 2.42. The van der Waals surface area contributed by atoms with Crippen LogP contribution in [0.1, 0.15) is 63.1 Å². The number of hydrogen-bond acceptors (Lipinski definition) is 3. The van der Waals surface area contributed by atoms with Crippen LogP contribution in [0.5, 0.6) is 0 Å². The Labute approximate surface area is 211 Å². The van der Waals surface area contributed by atoms with Gasteiger partial charge in [-0.1, -0.05) is 33.8 Å². The lowest BCUT2D eigenvalue weighted by Crippen LogP contribution is -2.25. The first-order valence-corrected chi connectivity index (χ1v) is 12.4. The van der Waals surface area contributed by atoms with E-state index in [1.165, 1.54) is 0 Å². The maximum Gasteiger partial charge on any atom is 0.303 e. The fourth-order valence-corrected chi connectivity index (χ4v) is 4.92. The van der Waals surface area contributed by atoms with Gasteiger partial charge in [0.15, 0.2) is 0 Å². The quantitative estimate of drug-likeness (QED) is 0.319. The molecule has 0 saturated carbocycles. The largest absolute Gasteiger partial charge is 0.341 e. The van der Waals surface area contributed by atoms with E-state index in [1.807, 2.05) is 26.0 Å². The molecule has 0 unspecified atom stereocenters.